The van der Waals surface area contributed by atoms with Gasteiger partial charge < -0.3 is 20.5 Å². The molecule has 22 heavy (non-hydrogen) atoms. The van der Waals surface area contributed by atoms with Gasteiger partial charge in [-0.1, -0.05) is 13.8 Å². The van der Waals surface area contributed by atoms with Crippen LogP contribution in [-0.2, 0) is 6.42 Å². The van der Waals surface area contributed by atoms with Gasteiger partial charge in [0, 0.05) is 23.9 Å². The molecule has 2 aromatic rings. The van der Waals surface area contributed by atoms with Crippen molar-refractivity contribution in [3.8, 4) is 11.5 Å². The Hall–Kier alpha value is -2.28. The van der Waals surface area contributed by atoms with E-state index in [0.29, 0.717) is 34.5 Å². The smallest absolute Gasteiger partial charge is 0.275 e. The number of fused-ring (bicyclic) bond motifs is 1. The zero-order valence-corrected chi connectivity index (χ0v) is 13.2. The van der Waals surface area contributed by atoms with Crippen LogP contribution in [0.3, 0.4) is 0 Å². The van der Waals surface area contributed by atoms with Gasteiger partial charge in [0.15, 0.2) is 11.5 Å². The van der Waals surface area contributed by atoms with Crippen LogP contribution in [0.4, 0.5) is 11.4 Å². The van der Waals surface area contributed by atoms with Crippen LogP contribution in [0.2, 0.25) is 0 Å². The number of nitrogens with zero attached hydrogens (tertiary/aromatic N) is 1. The van der Waals surface area contributed by atoms with Crippen LogP contribution >= 0.6 is 11.3 Å². The fourth-order valence-corrected chi connectivity index (χ4v) is 3.10. The van der Waals surface area contributed by atoms with Gasteiger partial charge in [0.05, 0.1) is 16.4 Å². The number of carbonyl (C=O) groups excluding carboxylic acids is 1. The molecule has 0 spiro atoms. The summed E-state index contributed by atoms with van der Waals surface area (Å²) in [6.07, 6.45) is 0.865. The molecule has 0 fully saturated rings. The molecule has 116 valence electrons. The molecule has 1 aromatic heterocycles. The summed E-state index contributed by atoms with van der Waals surface area (Å²) in [6.45, 7) is 4.40. The Morgan fingerprint density at radius 3 is 2.86 bits per heavy atom. The molecule has 1 amide bonds. The lowest BCUT2D eigenvalue weighted by atomic mass is 10.1. The van der Waals surface area contributed by atoms with E-state index >= 15 is 0 Å². The van der Waals surface area contributed by atoms with Gasteiger partial charge in [0.25, 0.3) is 5.91 Å². The summed E-state index contributed by atoms with van der Waals surface area (Å²) in [5.74, 6) is 1.38. The number of aromatic nitrogens is 1. The van der Waals surface area contributed by atoms with Crippen molar-refractivity contribution in [2.45, 2.75) is 20.3 Å². The standard InChI is InChI=1S/C15H17N3O3S/c1-8(2)3-14-17-11(6-22-14)15(19)18-10-5-13-12(4-9(10)16)20-7-21-13/h4-6,8H,3,7,16H2,1-2H3,(H,18,19). The highest BCUT2D eigenvalue weighted by molar-refractivity contribution is 7.09. The maximum atomic E-state index is 12.3. The average Bonchev–Trinajstić information content (AvgIpc) is 3.07. The molecule has 1 aliphatic heterocycles. The molecule has 3 N–H and O–H groups in total. The summed E-state index contributed by atoms with van der Waals surface area (Å²) < 4.78 is 10.5. The molecule has 0 atom stereocenters. The Kier molecular flexibility index (Phi) is 3.89. The van der Waals surface area contributed by atoms with Gasteiger partial charge in [-0.2, -0.15) is 0 Å². The zero-order chi connectivity index (χ0) is 15.7. The van der Waals surface area contributed by atoms with Crippen molar-refractivity contribution in [3.63, 3.8) is 0 Å². The second kappa shape index (κ2) is 5.84. The van der Waals surface area contributed by atoms with E-state index in [2.05, 4.69) is 24.1 Å². The number of nitrogens with one attached hydrogen (secondary N) is 1. The minimum absolute atomic E-state index is 0.164. The van der Waals surface area contributed by atoms with Gasteiger partial charge in [-0.05, 0) is 5.92 Å². The molecule has 3 rings (SSSR count). The maximum Gasteiger partial charge on any atom is 0.275 e. The maximum absolute atomic E-state index is 12.3. The quantitative estimate of drug-likeness (QED) is 0.846. The van der Waals surface area contributed by atoms with Crippen LogP contribution in [0, 0.1) is 5.92 Å². The number of rotatable bonds is 4. The summed E-state index contributed by atoms with van der Waals surface area (Å²) >= 11 is 1.49. The minimum atomic E-state index is -0.281. The predicted octanol–water partition coefficient (Wildman–Crippen LogP) is 2.90. The van der Waals surface area contributed by atoms with Gasteiger partial charge in [-0.25, -0.2) is 4.98 Å². The van der Waals surface area contributed by atoms with Crippen LogP contribution < -0.4 is 20.5 Å². The number of hydrogen-bond acceptors (Lipinski definition) is 6. The topological polar surface area (TPSA) is 86.5 Å². The van der Waals surface area contributed by atoms with E-state index in [4.69, 9.17) is 15.2 Å². The second-order valence-corrected chi connectivity index (χ2v) is 6.41. The molecule has 2 heterocycles. The number of amides is 1. The molecule has 7 heteroatoms. The predicted molar refractivity (Wildman–Crippen MR) is 85.6 cm³/mol. The molecular formula is C15H17N3O3S. The largest absolute Gasteiger partial charge is 0.454 e. The lowest BCUT2D eigenvalue weighted by Gasteiger charge is -2.08. The Morgan fingerprint density at radius 2 is 2.14 bits per heavy atom. The molecule has 0 radical (unpaired) electrons. The first kappa shape index (κ1) is 14.6. The van der Waals surface area contributed by atoms with Crippen molar-refractivity contribution >= 4 is 28.6 Å². The van der Waals surface area contributed by atoms with Crippen LogP contribution in [0.5, 0.6) is 11.5 Å². The molecule has 1 aromatic carbocycles. The highest BCUT2D eigenvalue weighted by atomic mass is 32.1. The van der Waals surface area contributed by atoms with Crippen molar-refractivity contribution in [1.29, 1.82) is 0 Å². The van der Waals surface area contributed by atoms with Gasteiger partial charge in [-0.3, -0.25) is 4.79 Å². The summed E-state index contributed by atoms with van der Waals surface area (Å²) in [6, 6.07) is 3.31. The number of anilines is 2. The first-order chi connectivity index (χ1) is 10.5. The number of ether oxygens (including phenoxy) is 2. The third-order valence-corrected chi connectivity index (χ3v) is 4.03. The van der Waals surface area contributed by atoms with Crippen molar-refractivity contribution < 1.29 is 14.3 Å². The van der Waals surface area contributed by atoms with Gasteiger partial charge in [-0.15, -0.1) is 11.3 Å². The lowest BCUT2D eigenvalue weighted by Crippen LogP contribution is -2.13. The monoisotopic (exact) mass is 319 g/mol. The second-order valence-electron chi connectivity index (χ2n) is 5.47. The van der Waals surface area contributed by atoms with Gasteiger partial charge in [0.2, 0.25) is 6.79 Å². The van der Waals surface area contributed by atoms with E-state index in [0.717, 1.165) is 11.4 Å². The fourth-order valence-electron chi connectivity index (χ4n) is 2.11. The molecule has 0 saturated heterocycles. The van der Waals surface area contributed by atoms with Crippen molar-refractivity contribution in [1.82, 2.24) is 4.98 Å². The third-order valence-electron chi connectivity index (χ3n) is 3.16. The van der Waals surface area contributed by atoms with Crippen molar-refractivity contribution in [2.24, 2.45) is 5.92 Å². The zero-order valence-electron chi connectivity index (χ0n) is 12.4. The summed E-state index contributed by atoms with van der Waals surface area (Å²) in [7, 11) is 0. The SMILES string of the molecule is CC(C)Cc1nc(C(=O)Nc2cc3c(cc2N)OCO3)cs1. The minimum Gasteiger partial charge on any atom is -0.454 e. The van der Waals surface area contributed by atoms with Gasteiger partial charge in [0.1, 0.15) is 5.69 Å². The van der Waals surface area contributed by atoms with E-state index < -0.39 is 0 Å². The van der Waals surface area contributed by atoms with E-state index in [1.165, 1.54) is 11.3 Å². The third kappa shape index (κ3) is 2.99. The first-order valence-corrected chi connectivity index (χ1v) is 7.85. The van der Waals surface area contributed by atoms with Crippen LogP contribution in [0.25, 0.3) is 0 Å². The summed E-state index contributed by atoms with van der Waals surface area (Å²) in [5, 5.41) is 5.48. The highest BCUT2D eigenvalue weighted by Gasteiger charge is 2.18. The molecule has 0 aliphatic carbocycles. The van der Waals surface area contributed by atoms with E-state index in [-0.39, 0.29) is 12.7 Å². The number of hydrogen-bond donors (Lipinski definition) is 2. The molecular weight excluding hydrogens is 302 g/mol. The number of carbonyl (C=O) groups is 1. The Bertz CT molecular complexity index is 712. The van der Waals surface area contributed by atoms with Crippen LogP contribution in [0.15, 0.2) is 17.5 Å². The fraction of sp³-hybridized carbons (Fsp3) is 0.333. The molecule has 6 nitrogen and oxygen atoms in total. The highest BCUT2D eigenvalue weighted by Crippen LogP contribution is 2.38. The number of nitrogens with two attached hydrogens (primary N) is 1. The van der Waals surface area contributed by atoms with E-state index in [1.807, 2.05) is 0 Å². The van der Waals surface area contributed by atoms with Gasteiger partial charge >= 0.3 is 0 Å². The number of thiazole rings is 1. The van der Waals surface area contributed by atoms with Crippen molar-refractivity contribution in [2.75, 3.05) is 17.8 Å². The average molecular weight is 319 g/mol. The lowest BCUT2D eigenvalue weighted by molar-refractivity contribution is 0.102. The Balaban J connectivity index is 1.75. The molecule has 0 saturated carbocycles. The normalized spacial score (nSPS) is 12.7. The number of benzene rings is 1. The van der Waals surface area contributed by atoms with Crippen molar-refractivity contribution in [3.05, 3.63) is 28.2 Å². The molecule has 1 aliphatic rings. The van der Waals surface area contributed by atoms with Crippen LogP contribution in [0.1, 0.15) is 29.3 Å². The summed E-state index contributed by atoms with van der Waals surface area (Å²) in [4.78, 5) is 16.6. The Morgan fingerprint density at radius 1 is 1.41 bits per heavy atom. The van der Waals surface area contributed by atoms with E-state index in [1.54, 1.807) is 17.5 Å². The molecule has 0 unspecified atom stereocenters. The number of nitrogen functional groups attached to an aromatic ring is 1. The first-order valence-electron chi connectivity index (χ1n) is 6.98. The van der Waals surface area contributed by atoms with E-state index in [9.17, 15) is 4.79 Å². The van der Waals surface area contributed by atoms with Crippen LogP contribution in [-0.4, -0.2) is 17.7 Å². The molecule has 0 bridgehead atoms. The Labute approximate surface area is 132 Å². The summed E-state index contributed by atoms with van der Waals surface area (Å²) in [5.41, 5.74) is 7.24.